The predicted molar refractivity (Wildman–Crippen MR) is 78.0 cm³/mol. The van der Waals surface area contributed by atoms with Crippen molar-refractivity contribution < 1.29 is 9.90 Å². The maximum Gasteiger partial charge on any atom is 0.253 e. The summed E-state index contributed by atoms with van der Waals surface area (Å²) in [5.41, 5.74) is 7.00. The normalized spacial score (nSPS) is 16.6. The number of halogens is 1. The molecule has 19 heavy (non-hydrogen) atoms. The second-order valence-electron chi connectivity index (χ2n) is 4.59. The molecule has 1 amide bonds. The van der Waals surface area contributed by atoms with Gasteiger partial charge in [-0.15, -0.1) is 0 Å². The predicted octanol–water partition coefficient (Wildman–Crippen LogP) is 0.781. The number of nitrogens with zero attached hydrogens (tertiary/aromatic N) is 2. The third kappa shape index (κ3) is 3.46. The summed E-state index contributed by atoms with van der Waals surface area (Å²) in [6.07, 6.45) is 0. The van der Waals surface area contributed by atoms with Gasteiger partial charge in [-0.05, 0) is 34.1 Å². The number of aliphatic hydroxyl groups excluding tert-OH is 1. The Morgan fingerprint density at radius 2 is 2.00 bits per heavy atom. The summed E-state index contributed by atoms with van der Waals surface area (Å²) in [5.74, 6) is 0.0318. The minimum Gasteiger partial charge on any atom is -0.398 e. The number of amides is 1. The largest absolute Gasteiger partial charge is 0.398 e. The zero-order valence-corrected chi connectivity index (χ0v) is 12.3. The Labute approximate surface area is 121 Å². The van der Waals surface area contributed by atoms with Crippen LogP contribution in [-0.4, -0.2) is 60.1 Å². The molecule has 1 aromatic carbocycles. The number of hydrogen-bond donors (Lipinski definition) is 2. The van der Waals surface area contributed by atoms with Gasteiger partial charge in [-0.1, -0.05) is 0 Å². The number of hydrogen-bond acceptors (Lipinski definition) is 4. The molecule has 0 atom stereocenters. The molecule has 1 aromatic rings. The number of β-amino-alcohol motifs (C(OH)–C–C–N with tert-alkyl or cyclic N) is 1. The molecule has 1 heterocycles. The second kappa shape index (κ2) is 6.36. The summed E-state index contributed by atoms with van der Waals surface area (Å²) < 4.78 is 0.747. The Bertz CT molecular complexity index is 459. The Balaban J connectivity index is 1.99. The monoisotopic (exact) mass is 327 g/mol. The molecule has 6 heteroatoms. The summed E-state index contributed by atoms with van der Waals surface area (Å²) in [6.45, 7) is 3.85. The molecular weight excluding hydrogens is 310 g/mol. The Hall–Kier alpha value is -1.11. The van der Waals surface area contributed by atoms with Crippen molar-refractivity contribution in [2.45, 2.75) is 0 Å². The summed E-state index contributed by atoms with van der Waals surface area (Å²) in [4.78, 5) is 16.3. The molecule has 1 aliphatic rings. The molecule has 0 bridgehead atoms. The number of rotatable bonds is 3. The molecule has 5 nitrogen and oxygen atoms in total. The van der Waals surface area contributed by atoms with Crippen LogP contribution in [0.1, 0.15) is 10.4 Å². The van der Waals surface area contributed by atoms with Gasteiger partial charge in [0.25, 0.3) is 5.91 Å². The van der Waals surface area contributed by atoms with E-state index in [4.69, 9.17) is 10.8 Å². The molecular formula is C13H18BrN3O2. The first kappa shape index (κ1) is 14.3. The number of carbonyl (C=O) groups is 1. The van der Waals surface area contributed by atoms with Gasteiger partial charge in [0.15, 0.2) is 0 Å². The molecule has 0 aromatic heterocycles. The van der Waals surface area contributed by atoms with Crippen LogP contribution in [0.5, 0.6) is 0 Å². The van der Waals surface area contributed by atoms with Gasteiger partial charge in [0.2, 0.25) is 0 Å². The first-order valence-electron chi connectivity index (χ1n) is 6.29. The van der Waals surface area contributed by atoms with Gasteiger partial charge in [0.05, 0.1) is 6.61 Å². The minimum absolute atomic E-state index is 0.0318. The van der Waals surface area contributed by atoms with E-state index >= 15 is 0 Å². The lowest BCUT2D eigenvalue weighted by molar-refractivity contribution is 0.0615. The van der Waals surface area contributed by atoms with E-state index in [1.54, 1.807) is 18.2 Å². The van der Waals surface area contributed by atoms with E-state index < -0.39 is 0 Å². The highest BCUT2D eigenvalue weighted by Crippen LogP contribution is 2.21. The number of carbonyl (C=O) groups excluding carboxylic acids is 1. The first-order chi connectivity index (χ1) is 9.11. The van der Waals surface area contributed by atoms with Crippen molar-refractivity contribution in [1.29, 1.82) is 0 Å². The topological polar surface area (TPSA) is 69.8 Å². The van der Waals surface area contributed by atoms with E-state index in [9.17, 15) is 4.79 Å². The van der Waals surface area contributed by atoms with Crippen molar-refractivity contribution in [3.05, 3.63) is 28.2 Å². The smallest absolute Gasteiger partial charge is 0.253 e. The van der Waals surface area contributed by atoms with Crippen molar-refractivity contribution in [2.24, 2.45) is 0 Å². The maximum absolute atomic E-state index is 12.3. The minimum atomic E-state index is 0.0318. The zero-order valence-electron chi connectivity index (χ0n) is 10.7. The average molecular weight is 328 g/mol. The fourth-order valence-electron chi connectivity index (χ4n) is 2.16. The highest BCUT2D eigenvalue weighted by atomic mass is 79.9. The number of anilines is 1. The summed E-state index contributed by atoms with van der Waals surface area (Å²) in [5, 5.41) is 8.89. The number of nitrogen functional groups attached to an aromatic ring is 1. The average Bonchev–Trinajstić information content (AvgIpc) is 2.42. The molecule has 0 saturated carbocycles. The third-order valence-electron chi connectivity index (χ3n) is 3.32. The number of nitrogens with two attached hydrogens (primary N) is 1. The van der Waals surface area contributed by atoms with Crippen LogP contribution in [0.15, 0.2) is 22.7 Å². The van der Waals surface area contributed by atoms with Gasteiger partial charge in [0, 0.05) is 48.4 Å². The third-order valence-corrected chi connectivity index (χ3v) is 4.01. The lowest BCUT2D eigenvalue weighted by atomic mass is 10.1. The van der Waals surface area contributed by atoms with Crippen LogP contribution in [0.25, 0.3) is 0 Å². The number of aliphatic hydroxyl groups is 1. The lowest BCUT2D eigenvalue weighted by Gasteiger charge is -2.34. The highest BCUT2D eigenvalue weighted by Gasteiger charge is 2.21. The molecule has 0 aliphatic carbocycles. The molecule has 1 aliphatic heterocycles. The Morgan fingerprint density at radius 3 is 2.58 bits per heavy atom. The van der Waals surface area contributed by atoms with Crippen LogP contribution in [0.3, 0.4) is 0 Å². The van der Waals surface area contributed by atoms with Crippen molar-refractivity contribution in [2.75, 3.05) is 45.1 Å². The van der Waals surface area contributed by atoms with Crippen LogP contribution in [-0.2, 0) is 0 Å². The van der Waals surface area contributed by atoms with E-state index in [-0.39, 0.29) is 12.5 Å². The van der Waals surface area contributed by atoms with Crippen LogP contribution >= 0.6 is 15.9 Å². The van der Waals surface area contributed by atoms with E-state index in [2.05, 4.69) is 20.8 Å². The van der Waals surface area contributed by atoms with Crippen LogP contribution < -0.4 is 5.73 Å². The summed E-state index contributed by atoms with van der Waals surface area (Å²) in [6, 6.07) is 5.25. The molecule has 2 rings (SSSR count). The molecule has 0 unspecified atom stereocenters. The van der Waals surface area contributed by atoms with Gasteiger partial charge < -0.3 is 15.7 Å². The van der Waals surface area contributed by atoms with Crippen LogP contribution in [0, 0.1) is 0 Å². The van der Waals surface area contributed by atoms with Crippen molar-refractivity contribution >= 4 is 27.5 Å². The van der Waals surface area contributed by atoms with Crippen molar-refractivity contribution in [3.63, 3.8) is 0 Å². The lowest BCUT2D eigenvalue weighted by Crippen LogP contribution is -2.49. The maximum atomic E-state index is 12.3. The Kier molecular flexibility index (Phi) is 4.79. The standard InChI is InChI=1S/C13H18BrN3O2/c14-11-9-10(1-2-12(11)15)13(19)17-5-3-16(4-6-17)7-8-18/h1-2,9,18H,3-8,15H2. The molecule has 0 spiro atoms. The van der Waals surface area contributed by atoms with Gasteiger partial charge in [-0.2, -0.15) is 0 Å². The molecule has 1 fully saturated rings. The van der Waals surface area contributed by atoms with Crippen molar-refractivity contribution in [1.82, 2.24) is 9.80 Å². The van der Waals surface area contributed by atoms with Gasteiger partial charge in [-0.25, -0.2) is 0 Å². The summed E-state index contributed by atoms with van der Waals surface area (Å²) >= 11 is 3.34. The number of piperazine rings is 1. The van der Waals surface area contributed by atoms with E-state index in [0.717, 1.165) is 17.6 Å². The van der Waals surface area contributed by atoms with E-state index in [1.165, 1.54) is 0 Å². The highest BCUT2D eigenvalue weighted by molar-refractivity contribution is 9.10. The Morgan fingerprint density at radius 1 is 1.32 bits per heavy atom. The SMILES string of the molecule is Nc1ccc(C(=O)N2CCN(CCO)CC2)cc1Br. The van der Waals surface area contributed by atoms with Crippen molar-refractivity contribution in [3.8, 4) is 0 Å². The second-order valence-corrected chi connectivity index (χ2v) is 5.45. The van der Waals surface area contributed by atoms with E-state index in [1.807, 2.05) is 4.90 Å². The quantitative estimate of drug-likeness (QED) is 0.805. The number of benzene rings is 1. The molecule has 104 valence electrons. The van der Waals surface area contributed by atoms with Crippen LogP contribution in [0.2, 0.25) is 0 Å². The first-order valence-corrected chi connectivity index (χ1v) is 7.08. The van der Waals surface area contributed by atoms with Gasteiger partial charge >= 0.3 is 0 Å². The zero-order chi connectivity index (χ0) is 13.8. The summed E-state index contributed by atoms with van der Waals surface area (Å²) in [7, 11) is 0. The molecule has 0 radical (unpaired) electrons. The van der Waals surface area contributed by atoms with Gasteiger partial charge in [-0.3, -0.25) is 9.69 Å². The fraction of sp³-hybridized carbons (Fsp3) is 0.462. The van der Waals surface area contributed by atoms with Gasteiger partial charge in [0.1, 0.15) is 0 Å². The van der Waals surface area contributed by atoms with E-state index in [0.29, 0.717) is 30.9 Å². The molecule has 3 N–H and O–H groups in total. The fourth-order valence-corrected chi connectivity index (χ4v) is 2.54. The molecule has 1 saturated heterocycles. The van der Waals surface area contributed by atoms with Crippen LogP contribution in [0.4, 0.5) is 5.69 Å².